The van der Waals surface area contributed by atoms with Crippen molar-refractivity contribution in [3.05, 3.63) is 51.5 Å². The largest absolute Gasteiger partial charge is 0.457 e. The molecule has 2 rings (SSSR count). The Balaban J connectivity index is 1.94. The average molecular weight is 382 g/mol. The van der Waals surface area contributed by atoms with E-state index < -0.39 is 42.4 Å². The first kappa shape index (κ1) is 19.6. The van der Waals surface area contributed by atoms with Crippen molar-refractivity contribution in [2.75, 3.05) is 6.61 Å². The maximum atomic E-state index is 12.7. The summed E-state index contributed by atoms with van der Waals surface area (Å²) in [6.07, 6.45) is -4.92. The Kier molecular flexibility index (Phi) is 6.10. The van der Waals surface area contributed by atoms with Crippen molar-refractivity contribution in [3.8, 4) is 6.07 Å². The molecule has 0 saturated carbocycles. The molecule has 1 aromatic carbocycles. The van der Waals surface area contributed by atoms with E-state index in [0.29, 0.717) is 10.7 Å². The van der Waals surface area contributed by atoms with Crippen LogP contribution in [0.1, 0.15) is 27.7 Å². The first-order valence-corrected chi connectivity index (χ1v) is 8.25. The van der Waals surface area contributed by atoms with E-state index in [9.17, 15) is 22.8 Å². The molecule has 9 heteroatoms. The Morgan fingerprint density at radius 3 is 2.69 bits per heavy atom. The Labute approximate surface area is 151 Å². The summed E-state index contributed by atoms with van der Waals surface area (Å²) in [5.74, 6) is -2.64. The highest BCUT2D eigenvalue weighted by molar-refractivity contribution is 7.09. The molecule has 136 valence electrons. The zero-order chi connectivity index (χ0) is 19.3. The van der Waals surface area contributed by atoms with Crippen LogP contribution in [0, 0.1) is 18.3 Å². The number of aryl methyl sites for hydroxylation is 1. The zero-order valence-electron chi connectivity index (χ0n) is 13.5. The normalized spacial score (nSPS) is 12.3. The van der Waals surface area contributed by atoms with Gasteiger partial charge in [-0.1, -0.05) is 18.2 Å². The predicted molar refractivity (Wildman–Crippen MR) is 86.3 cm³/mol. The minimum atomic E-state index is -4.51. The summed E-state index contributed by atoms with van der Waals surface area (Å²) in [5, 5.41) is 11.1. The minimum absolute atomic E-state index is 0.115. The maximum absolute atomic E-state index is 12.7. The number of thiazole rings is 1. The average Bonchev–Trinajstić information content (AvgIpc) is 2.99. The molecule has 1 atom stereocenters. The quantitative estimate of drug-likeness (QED) is 0.715. The second-order valence-corrected chi connectivity index (χ2v) is 6.28. The third-order valence-corrected chi connectivity index (χ3v) is 4.34. The number of nitrogens with zero attached hydrogens (tertiary/aromatic N) is 2. The van der Waals surface area contributed by atoms with E-state index in [1.165, 1.54) is 12.1 Å². The van der Waals surface area contributed by atoms with Gasteiger partial charge in [-0.2, -0.15) is 18.4 Å². The number of ketones is 1. The van der Waals surface area contributed by atoms with E-state index in [-0.39, 0.29) is 5.56 Å². The second kappa shape index (κ2) is 8.10. The fourth-order valence-corrected chi connectivity index (χ4v) is 2.94. The molecular weight excluding hydrogens is 369 g/mol. The van der Waals surface area contributed by atoms with Crippen LogP contribution in [0.25, 0.3) is 0 Å². The fourth-order valence-electron chi connectivity index (χ4n) is 2.08. The number of carbonyl (C=O) groups excluding carboxylic acids is 2. The number of alkyl halides is 3. The molecule has 0 aliphatic heterocycles. The molecule has 0 bridgehead atoms. The standard InChI is InChI=1S/C17H13F3N2O3S/c1-10-9-26-16(22-10)13(7-21)14(23)8-25-15(24)6-11-3-2-4-12(5-11)17(18,19)20/h2-5,9,13H,6,8H2,1H3/t13-/m1/s1. The summed E-state index contributed by atoms with van der Waals surface area (Å²) in [7, 11) is 0. The third kappa shape index (κ3) is 5.13. The van der Waals surface area contributed by atoms with Crippen LogP contribution >= 0.6 is 11.3 Å². The van der Waals surface area contributed by atoms with Crippen LogP contribution in [-0.4, -0.2) is 23.3 Å². The summed E-state index contributed by atoms with van der Waals surface area (Å²) >= 11 is 1.15. The van der Waals surface area contributed by atoms with Gasteiger partial charge in [-0.3, -0.25) is 9.59 Å². The number of Topliss-reactive ketones (excluding diaryl/α,β-unsaturated/α-hetero) is 1. The SMILES string of the molecule is Cc1csc([C@H](C#N)C(=O)COC(=O)Cc2cccc(C(F)(F)F)c2)n1. The molecule has 0 fully saturated rings. The summed E-state index contributed by atoms with van der Waals surface area (Å²) in [6, 6.07) is 6.10. The summed E-state index contributed by atoms with van der Waals surface area (Å²) in [5.41, 5.74) is -0.0909. The van der Waals surface area contributed by atoms with Crippen molar-refractivity contribution >= 4 is 23.1 Å². The van der Waals surface area contributed by atoms with Crippen molar-refractivity contribution in [1.82, 2.24) is 4.98 Å². The number of halogens is 3. The van der Waals surface area contributed by atoms with Gasteiger partial charge >= 0.3 is 12.1 Å². The van der Waals surface area contributed by atoms with Crippen LogP contribution in [0.2, 0.25) is 0 Å². The van der Waals surface area contributed by atoms with E-state index in [0.717, 1.165) is 23.5 Å². The number of rotatable bonds is 6. The molecule has 0 saturated heterocycles. The van der Waals surface area contributed by atoms with Crippen molar-refractivity contribution in [2.45, 2.75) is 25.4 Å². The van der Waals surface area contributed by atoms with Gasteiger partial charge in [-0.15, -0.1) is 11.3 Å². The molecule has 5 nitrogen and oxygen atoms in total. The number of hydrogen-bond acceptors (Lipinski definition) is 6. The molecule has 0 N–H and O–H groups in total. The second-order valence-electron chi connectivity index (χ2n) is 5.39. The highest BCUT2D eigenvalue weighted by Gasteiger charge is 2.30. The number of ether oxygens (including phenoxy) is 1. The van der Waals surface area contributed by atoms with Crippen LogP contribution in [0.3, 0.4) is 0 Å². The van der Waals surface area contributed by atoms with E-state index in [1.54, 1.807) is 12.3 Å². The summed E-state index contributed by atoms with van der Waals surface area (Å²) < 4.78 is 42.8. The van der Waals surface area contributed by atoms with Gasteiger partial charge < -0.3 is 4.74 Å². The van der Waals surface area contributed by atoms with Crippen LogP contribution in [0.4, 0.5) is 13.2 Å². The number of esters is 1. The lowest BCUT2D eigenvalue weighted by Crippen LogP contribution is -2.20. The van der Waals surface area contributed by atoms with Crippen molar-refractivity contribution in [2.24, 2.45) is 0 Å². The topological polar surface area (TPSA) is 80.0 Å². The van der Waals surface area contributed by atoms with Gasteiger partial charge in [0.05, 0.1) is 18.1 Å². The van der Waals surface area contributed by atoms with Crippen LogP contribution < -0.4 is 0 Å². The Morgan fingerprint density at radius 1 is 1.38 bits per heavy atom. The van der Waals surface area contributed by atoms with Gasteiger partial charge in [-0.05, 0) is 18.6 Å². The van der Waals surface area contributed by atoms with Gasteiger partial charge in [0.1, 0.15) is 5.01 Å². The molecule has 26 heavy (non-hydrogen) atoms. The highest BCUT2D eigenvalue weighted by Crippen LogP contribution is 2.29. The lowest BCUT2D eigenvalue weighted by molar-refractivity contribution is -0.147. The van der Waals surface area contributed by atoms with Gasteiger partial charge in [0.2, 0.25) is 0 Å². The molecule has 0 unspecified atom stereocenters. The Morgan fingerprint density at radius 2 is 2.12 bits per heavy atom. The van der Waals surface area contributed by atoms with Crippen LogP contribution in [0.5, 0.6) is 0 Å². The molecule has 1 aromatic heterocycles. The lowest BCUT2D eigenvalue weighted by Gasteiger charge is -2.09. The van der Waals surface area contributed by atoms with Crippen LogP contribution in [0.15, 0.2) is 29.6 Å². The van der Waals surface area contributed by atoms with Crippen molar-refractivity contribution in [3.63, 3.8) is 0 Å². The van der Waals surface area contributed by atoms with Crippen molar-refractivity contribution in [1.29, 1.82) is 5.26 Å². The van der Waals surface area contributed by atoms with E-state index in [2.05, 4.69) is 4.98 Å². The summed E-state index contributed by atoms with van der Waals surface area (Å²) in [6.45, 7) is 1.07. The van der Waals surface area contributed by atoms with Crippen molar-refractivity contribution < 1.29 is 27.5 Å². The van der Waals surface area contributed by atoms with Gasteiger partial charge in [0.15, 0.2) is 18.3 Å². The number of aromatic nitrogens is 1. The van der Waals surface area contributed by atoms with Gasteiger partial charge in [0.25, 0.3) is 0 Å². The lowest BCUT2D eigenvalue weighted by atomic mass is 10.1. The zero-order valence-corrected chi connectivity index (χ0v) is 14.4. The fraction of sp³-hybridized carbons (Fsp3) is 0.294. The number of carbonyl (C=O) groups is 2. The predicted octanol–water partition coefficient (Wildman–Crippen LogP) is 3.43. The molecule has 0 amide bonds. The highest BCUT2D eigenvalue weighted by atomic mass is 32.1. The number of benzene rings is 1. The van der Waals surface area contributed by atoms with E-state index in [1.807, 2.05) is 6.07 Å². The monoisotopic (exact) mass is 382 g/mol. The number of nitriles is 1. The third-order valence-electron chi connectivity index (χ3n) is 3.31. The van der Waals surface area contributed by atoms with Gasteiger partial charge in [-0.25, -0.2) is 4.98 Å². The van der Waals surface area contributed by atoms with Gasteiger partial charge in [0, 0.05) is 11.1 Å². The molecule has 0 aliphatic rings. The minimum Gasteiger partial charge on any atom is -0.457 e. The molecule has 1 heterocycles. The first-order chi connectivity index (χ1) is 12.2. The number of hydrogen-bond donors (Lipinski definition) is 0. The van der Waals surface area contributed by atoms with E-state index in [4.69, 9.17) is 10.00 Å². The molecule has 0 aliphatic carbocycles. The maximum Gasteiger partial charge on any atom is 0.416 e. The molecular formula is C17H13F3N2O3S. The summed E-state index contributed by atoms with van der Waals surface area (Å²) in [4.78, 5) is 27.9. The Bertz CT molecular complexity index is 855. The first-order valence-electron chi connectivity index (χ1n) is 7.37. The smallest absolute Gasteiger partial charge is 0.416 e. The Hall–Kier alpha value is -2.73. The molecule has 0 radical (unpaired) electrons. The molecule has 2 aromatic rings. The molecule has 0 spiro atoms. The van der Waals surface area contributed by atoms with E-state index >= 15 is 0 Å². The van der Waals surface area contributed by atoms with Crippen LogP contribution in [-0.2, 0) is 26.9 Å².